The van der Waals surface area contributed by atoms with Crippen LogP contribution in [0.5, 0.6) is 0 Å². The Bertz CT molecular complexity index is 1130. The molecule has 3 rings (SSSR count). The van der Waals surface area contributed by atoms with Gasteiger partial charge < -0.3 is 26.0 Å². The van der Waals surface area contributed by atoms with E-state index in [0.29, 0.717) is 36.4 Å². The van der Waals surface area contributed by atoms with Crippen molar-refractivity contribution in [3.63, 3.8) is 0 Å². The van der Waals surface area contributed by atoms with Crippen molar-refractivity contribution >= 4 is 17.6 Å². The molecule has 0 aliphatic carbocycles. The SMILES string of the molecule is C=C(N)N=C/C(=C\N)c1ccc([C@H](c2noc(-c3cnc(NCCOC)cn3)n2)C(C)C)cc1. The molecule has 2 heterocycles. The molecule has 0 saturated carbocycles. The molecule has 0 aliphatic rings. The van der Waals surface area contributed by atoms with Gasteiger partial charge in [0.1, 0.15) is 17.3 Å². The molecular formula is C24H30N8O2. The van der Waals surface area contributed by atoms with Crippen LogP contribution in [0.15, 0.2) is 64.8 Å². The number of methoxy groups -OCH3 is 1. The first-order valence-corrected chi connectivity index (χ1v) is 10.8. The number of rotatable bonds is 11. The third-order valence-electron chi connectivity index (χ3n) is 5.02. The zero-order valence-corrected chi connectivity index (χ0v) is 19.6. The Kier molecular flexibility index (Phi) is 8.47. The molecule has 1 atom stereocenters. The minimum atomic E-state index is -0.0720. The predicted octanol–water partition coefficient (Wildman–Crippen LogP) is 3.17. The van der Waals surface area contributed by atoms with Gasteiger partial charge in [-0.05, 0) is 17.0 Å². The maximum absolute atomic E-state index is 5.75. The minimum Gasteiger partial charge on any atom is -0.404 e. The van der Waals surface area contributed by atoms with Crippen molar-refractivity contribution in [3.8, 4) is 11.6 Å². The van der Waals surface area contributed by atoms with Gasteiger partial charge in [-0.3, -0.25) is 0 Å². The highest BCUT2D eigenvalue weighted by molar-refractivity contribution is 6.09. The molecule has 34 heavy (non-hydrogen) atoms. The summed E-state index contributed by atoms with van der Waals surface area (Å²) in [6.07, 6.45) is 6.29. The van der Waals surface area contributed by atoms with Gasteiger partial charge in [0.25, 0.3) is 5.89 Å². The second kappa shape index (κ2) is 11.7. The van der Waals surface area contributed by atoms with E-state index in [0.717, 1.165) is 16.7 Å². The number of allylic oxidation sites excluding steroid dienone is 1. The lowest BCUT2D eigenvalue weighted by atomic mass is 9.87. The van der Waals surface area contributed by atoms with Crippen LogP contribution in [0.1, 0.15) is 36.7 Å². The molecule has 0 fully saturated rings. The molecule has 0 radical (unpaired) electrons. The Morgan fingerprint density at radius 1 is 1.24 bits per heavy atom. The maximum atomic E-state index is 5.75. The third-order valence-corrected chi connectivity index (χ3v) is 5.02. The first-order chi connectivity index (χ1) is 16.4. The third kappa shape index (κ3) is 6.26. The number of hydrogen-bond acceptors (Lipinski definition) is 10. The normalized spacial score (nSPS) is 12.9. The Balaban J connectivity index is 1.79. The summed E-state index contributed by atoms with van der Waals surface area (Å²) in [5.41, 5.74) is 14.5. The lowest BCUT2D eigenvalue weighted by Crippen LogP contribution is -2.10. The van der Waals surface area contributed by atoms with Crippen LogP contribution in [0.25, 0.3) is 17.2 Å². The fourth-order valence-corrected chi connectivity index (χ4v) is 3.36. The molecule has 5 N–H and O–H groups in total. The number of benzene rings is 1. The van der Waals surface area contributed by atoms with E-state index in [4.69, 9.17) is 20.7 Å². The highest BCUT2D eigenvalue weighted by Crippen LogP contribution is 2.32. The van der Waals surface area contributed by atoms with Crippen molar-refractivity contribution < 1.29 is 9.26 Å². The molecular weight excluding hydrogens is 432 g/mol. The van der Waals surface area contributed by atoms with E-state index in [1.807, 2.05) is 24.3 Å². The number of nitrogens with one attached hydrogen (secondary N) is 1. The molecule has 0 spiro atoms. The van der Waals surface area contributed by atoms with Gasteiger partial charge in [-0.2, -0.15) is 4.98 Å². The van der Waals surface area contributed by atoms with Crippen LogP contribution < -0.4 is 16.8 Å². The summed E-state index contributed by atoms with van der Waals surface area (Å²) in [4.78, 5) is 17.3. The van der Waals surface area contributed by atoms with Gasteiger partial charge >= 0.3 is 0 Å². The Morgan fingerprint density at radius 3 is 2.59 bits per heavy atom. The molecule has 0 saturated heterocycles. The summed E-state index contributed by atoms with van der Waals surface area (Å²) >= 11 is 0. The molecule has 2 aromatic heterocycles. The fourth-order valence-electron chi connectivity index (χ4n) is 3.36. The van der Waals surface area contributed by atoms with E-state index in [1.54, 1.807) is 25.7 Å². The summed E-state index contributed by atoms with van der Waals surface area (Å²) in [5.74, 6) is 1.91. The topological polar surface area (TPSA) is 150 Å². The van der Waals surface area contributed by atoms with Crippen LogP contribution in [0.4, 0.5) is 5.82 Å². The second-order valence-electron chi connectivity index (χ2n) is 7.88. The van der Waals surface area contributed by atoms with Gasteiger partial charge in [0.05, 0.1) is 19.0 Å². The average molecular weight is 463 g/mol. The summed E-state index contributed by atoms with van der Waals surface area (Å²) in [6, 6.07) is 7.98. The largest absolute Gasteiger partial charge is 0.404 e. The first-order valence-electron chi connectivity index (χ1n) is 10.8. The highest BCUT2D eigenvalue weighted by Gasteiger charge is 2.24. The number of ether oxygens (including phenoxy) is 1. The summed E-state index contributed by atoms with van der Waals surface area (Å²) in [7, 11) is 1.65. The van der Waals surface area contributed by atoms with Gasteiger partial charge in [0.2, 0.25) is 0 Å². The monoisotopic (exact) mass is 462 g/mol. The smallest absolute Gasteiger partial charge is 0.278 e. The van der Waals surface area contributed by atoms with Gasteiger partial charge in [-0.15, -0.1) is 0 Å². The van der Waals surface area contributed by atoms with Crippen LogP contribution in [0.2, 0.25) is 0 Å². The lowest BCUT2D eigenvalue weighted by Gasteiger charge is -2.18. The van der Waals surface area contributed by atoms with Gasteiger partial charge in [-0.25, -0.2) is 15.0 Å². The lowest BCUT2D eigenvalue weighted by molar-refractivity contribution is 0.210. The minimum absolute atomic E-state index is 0.0720. The molecule has 0 bridgehead atoms. The molecule has 3 aromatic rings. The van der Waals surface area contributed by atoms with Gasteiger partial charge in [0.15, 0.2) is 5.82 Å². The van der Waals surface area contributed by atoms with E-state index in [-0.39, 0.29) is 17.7 Å². The maximum Gasteiger partial charge on any atom is 0.278 e. The van der Waals surface area contributed by atoms with Crippen molar-refractivity contribution in [2.75, 3.05) is 25.6 Å². The Hall–Kier alpha value is -4.05. The fraction of sp³-hybridized carbons (Fsp3) is 0.292. The zero-order valence-electron chi connectivity index (χ0n) is 19.6. The highest BCUT2D eigenvalue weighted by atomic mass is 16.5. The van der Waals surface area contributed by atoms with Gasteiger partial charge in [-0.1, -0.05) is 49.8 Å². The van der Waals surface area contributed by atoms with Crippen LogP contribution in [0, 0.1) is 5.92 Å². The van der Waals surface area contributed by atoms with E-state index < -0.39 is 0 Å². The van der Waals surface area contributed by atoms with Crippen LogP contribution in [-0.4, -0.2) is 46.6 Å². The summed E-state index contributed by atoms with van der Waals surface area (Å²) < 4.78 is 10.5. The van der Waals surface area contributed by atoms with E-state index in [1.165, 1.54) is 6.20 Å². The van der Waals surface area contributed by atoms with Crippen LogP contribution in [0.3, 0.4) is 0 Å². The number of anilines is 1. The predicted molar refractivity (Wildman–Crippen MR) is 133 cm³/mol. The number of aromatic nitrogens is 4. The molecule has 10 heteroatoms. The zero-order chi connectivity index (χ0) is 24.5. The number of hydrogen-bond donors (Lipinski definition) is 3. The molecule has 1 aromatic carbocycles. The molecule has 0 amide bonds. The van der Waals surface area contributed by atoms with Crippen LogP contribution in [-0.2, 0) is 4.74 Å². The van der Waals surface area contributed by atoms with Crippen molar-refractivity contribution in [2.45, 2.75) is 19.8 Å². The van der Waals surface area contributed by atoms with Crippen molar-refractivity contribution in [2.24, 2.45) is 22.4 Å². The van der Waals surface area contributed by atoms with Crippen LogP contribution >= 0.6 is 0 Å². The van der Waals surface area contributed by atoms with Crippen molar-refractivity contribution in [1.82, 2.24) is 20.1 Å². The molecule has 0 unspecified atom stereocenters. The number of nitrogens with two attached hydrogens (primary N) is 2. The Labute approximate surface area is 198 Å². The number of aliphatic imine (C=N–C) groups is 1. The molecule has 0 aliphatic heterocycles. The van der Waals surface area contributed by atoms with Crippen molar-refractivity contribution in [3.05, 3.63) is 72.2 Å². The quantitative estimate of drug-likeness (QED) is 0.288. The van der Waals surface area contributed by atoms with Crippen molar-refractivity contribution in [1.29, 1.82) is 0 Å². The van der Waals surface area contributed by atoms with E-state index in [9.17, 15) is 0 Å². The Morgan fingerprint density at radius 2 is 2.00 bits per heavy atom. The standard InChI is InChI=1S/C24H30N8O2/c1-15(2)22(18-7-5-17(6-8-18)19(11-25)12-28-16(3)26)23-31-24(34-32-23)20-13-30-21(14-29-20)27-9-10-33-4/h5-8,11-15,22H,3,9-10,25-26H2,1-2,4H3,(H,27,30)/b19-11+,28-12?/t22-/m1/s1. The van der Waals surface area contributed by atoms with E-state index >= 15 is 0 Å². The average Bonchev–Trinajstić information content (AvgIpc) is 3.30. The number of nitrogens with zero attached hydrogens (tertiary/aromatic N) is 5. The summed E-state index contributed by atoms with van der Waals surface area (Å²) in [5, 5.41) is 7.35. The van der Waals surface area contributed by atoms with Gasteiger partial charge in [0, 0.05) is 37.6 Å². The first kappa shape index (κ1) is 24.6. The molecule has 10 nitrogen and oxygen atoms in total. The molecule has 178 valence electrons. The summed E-state index contributed by atoms with van der Waals surface area (Å²) in [6.45, 7) is 9.00. The second-order valence-corrected chi connectivity index (χ2v) is 7.88. The van der Waals surface area contributed by atoms with E-state index in [2.05, 4.69) is 50.8 Å².